The van der Waals surface area contributed by atoms with Crippen LogP contribution in [0.15, 0.2) is 0 Å². The first-order valence-corrected chi connectivity index (χ1v) is 8.48. The number of nitrogens with zero attached hydrogens (tertiary/aromatic N) is 1. The largest absolute Gasteiger partial charge is 0.329 e. The lowest BCUT2D eigenvalue weighted by Gasteiger charge is -2.64. The molecule has 1 heterocycles. The van der Waals surface area contributed by atoms with Crippen LogP contribution in [0.25, 0.3) is 0 Å². The highest BCUT2D eigenvalue weighted by atomic mass is 15.3. The van der Waals surface area contributed by atoms with Gasteiger partial charge < -0.3 is 5.73 Å². The van der Waals surface area contributed by atoms with Crippen molar-refractivity contribution in [1.82, 2.24) is 4.90 Å². The number of nitrogens with two attached hydrogens (primary N) is 1. The summed E-state index contributed by atoms with van der Waals surface area (Å²) in [5.74, 6) is 3.95. The Bertz CT molecular complexity index is 345. The van der Waals surface area contributed by atoms with Crippen LogP contribution in [0, 0.1) is 29.1 Å². The highest BCUT2D eigenvalue weighted by Crippen LogP contribution is 2.60. The van der Waals surface area contributed by atoms with Crippen molar-refractivity contribution >= 4 is 0 Å². The fourth-order valence-electron chi connectivity index (χ4n) is 6.45. The van der Waals surface area contributed by atoms with Gasteiger partial charge >= 0.3 is 0 Å². The van der Waals surface area contributed by atoms with Crippen molar-refractivity contribution in [2.45, 2.75) is 57.9 Å². The van der Waals surface area contributed by atoms with Crippen molar-refractivity contribution in [3.05, 3.63) is 0 Å². The molecule has 5 fully saturated rings. The number of likely N-dealkylation sites (tertiary alicyclic amines) is 1. The molecule has 4 bridgehead atoms. The second kappa shape index (κ2) is 3.98. The second-order valence-electron chi connectivity index (χ2n) is 8.84. The summed E-state index contributed by atoms with van der Waals surface area (Å²) < 4.78 is 0. The van der Waals surface area contributed by atoms with Crippen LogP contribution in [0.2, 0.25) is 0 Å². The number of rotatable bonds is 2. The third-order valence-corrected chi connectivity index (χ3v) is 7.15. The van der Waals surface area contributed by atoms with Gasteiger partial charge in [-0.25, -0.2) is 0 Å². The second-order valence-corrected chi connectivity index (χ2v) is 8.84. The lowest BCUT2D eigenvalue weighted by Crippen LogP contribution is -2.68. The monoisotopic (exact) mass is 262 g/mol. The van der Waals surface area contributed by atoms with Crippen LogP contribution >= 0.6 is 0 Å². The van der Waals surface area contributed by atoms with Gasteiger partial charge in [-0.2, -0.15) is 0 Å². The molecule has 2 heteroatoms. The van der Waals surface area contributed by atoms with Crippen LogP contribution in [0.3, 0.4) is 0 Å². The molecule has 19 heavy (non-hydrogen) atoms. The predicted octanol–water partition coefficient (Wildman–Crippen LogP) is 2.87. The summed E-state index contributed by atoms with van der Waals surface area (Å²) in [5.41, 5.74) is 7.32. The van der Waals surface area contributed by atoms with Gasteiger partial charge in [-0.3, -0.25) is 4.90 Å². The highest BCUT2D eigenvalue weighted by Gasteiger charge is 2.60. The quantitative estimate of drug-likeness (QED) is 0.829. The Morgan fingerprint density at radius 2 is 1.58 bits per heavy atom. The van der Waals surface area contributed by atoms with Gasteiger partial charge in [0.2, 0.25) is 0 Å². The summed E-state index contributed by atoms with van der Waals surface area (Å²) in [4.78, 5) is 2.85. The minimum absolute atomic E-state index is 0.390. The molecule has 4 aliphatic carbocycles. The van der Waals surface area contributed by atoms with Crippen molar-refractivity contribution in [1.29, 1.82) is 0 Å². The topological polar surface area (TPSA) is 29.3 Å². The summed E-state index contributed by atoms with van der Waals surface area (Å²) >= 11 is 0. The molecule has 0 aromatic carbocycles. The van der Waals surface area contributed by atoms with Crippen molar-refractivity contribution in [2.75, 3.05) is 19.6 Å². The van der Waals surface area contributed by atoms with E-state index in [1.165, 1.54) is 45.2 Å². The third-order valence-electron chi connectivity index (χ3n) is 7.15. The summed E-state index contributed by atoms with van der Waals surface area (Å²) in [6, 6.07) is 0. The standard InChI is InChI=1S/C17H30N2/c1-16(2)3-4-19(11-16)17(10-18)14-6-12-5-13(8-14)9-15(17)7-12/h12-15H,3-11,18H2,1-2H3. The molecule has 2 nitrogen and oxygen atoms in total. The van der Waals surface area contributed by atoms with E-state index in [4.69, 9.17) is 5.73 Å². The van der Waals surface area contributed by atoms with Gasteiger partial charge in [0.05, 0.1) is 0 Å². The molecular weight excluding hydrogens is 232 g/mol. The molecule has 5 rings (SSSR count). The van der Waals surface area contributed by atoms with Crippen LogP contribution in [0.5, 0.6) is 0 Å². The molecule has 0 aromatic rings. The summed E-state index contributed by atoms with van der Waals surface area (Å²) in [7, 11) is 0. The summed E-state index contributed by atoms with van der Waals surface area (Å²) in [5, 5.41) is 0. The van der Waals surface area contributed by atoms with Crippen LogP contribution in [0.4, 0.5) is 0 Å². The maximum Gasteiger partial charge on any atom is 0.0388 e. The molecule has 108 valence electrons. The molecule has 2 N–H and O–H groups in total. The number of hydrogen-bond acceptors (Lipinski definition) is 2. The van der Waals surface area contributed by atoms with Gasteiger partial charge in [0.1, 0.15) is 0 Å². The molecule has 1 saturated heterocycles. The molecule has 0 aromatic heterocycles. The molecule has 0 spiro atoms. The number of hydrogen-bond donors (Lipinski definition) is 1. The van der Waals surface area contributed by atoms with E-state index < -0.39 is 0 Å². The molecule has 0 radical (unpaired) electrons. The van der Waals surface area contributed by atoms with Crippen molar-refractivity contribution in [2.24, 2.45) is 34.8 Å². The minimum atomic E-state index is 0.390. The van der Waals surface area contributed by atoms with Gasteiger partial charge in [-0.1, -0.05) is 13.8 Å². The van der Waals surface area contributed by atoms with Crippen LogP contribution in [-0.4, -0.2) is 30.1 Å². The first kappa shape index (κ1) is 12.6. The average Bonchev–Trinajstić information content (AvgIpc) is 2.70. The Balaban J connectivity index is 1.67. The normalized spacial score (nSPS) is 51.9. The van der Waals surface area contributed by atoms with Crippen molar-refractivity contribution in [3.63, 3.8) is 0 Å². The predicted molar refractivity (Wildman–Crippen MR) is 78.8 cm³/mol. The fourth-order valence-corrected chi connectivity index (χ4v) is 6.45. The molecule has 1 aliphatic heterocycles. The highest BCUT2D eigenvalue weighted by molar-refractivity contribution is 5.14. The van der Waals surface area contributed by atoms with Crippen molar-refractivity contribution < 1.29 is 0 Å². The average molecular weight is 262 g/mol. The lowest BCUT2D eigenvalue weighted by molar-refractivity contribution is -0.126. The maximum atomic E-state index is 6.42. The zero-order valence-electron chi connectivity index (χ0n) is 12.7. The maximum absolute atomic E-state index is 6.42. The first-order valence-electron chi connectivity index (χ1n) is 8.48. The van der Waals surface area contributed by atoms with E-state index in [-0.39, 0.29) is 0 Å². The SMILES string of the molecule is CC1(C)CCN(C2(CN)C3CC4CC(C3)CC2C4)C1. The van der Waals surface area contributed by atoms with Crippen LogP contribution in [0.1, 0.15) is 52.4 Å². The summed E-state index contributed by atoms with van der Waals surface area (Å²) in [6.07, 6.45) is 8.85. The Labute approximate surface area is 118 Å². The molecule has 0 amide bonds. The zero-order valence-corrected chi connectivity index (χ0v) is 12.7. The first-order chi connectivity index (χ1) is 9.03. The Hall–Kier alpha value is -0.0800. The summed E-state index contributed by atoms with van der Waals surface area (Å²) in [6.45, 7) is 8.37. The Morgan fingerprint density at radius 1 is 1.00 bits per heavy atom. The van der Waals surface area contributed by atoms with Crippen molar-refractivity contribution in [3.8, 4) is 0 Å². The van der Waals surface area contributed by atoms with E-state index in [1.807, 2.05) is 0 Å². The Morgan fingerprint density at radius 3 is 2.00 bits per heavy atom. The van der Waals surface area contributed by atoms with Gasteiger partial charge in [-0.05, 0) is 74.2 Å². The van der Waals surface area contributed by atoms with Crippen LogP contribution in [-0.2, 0) is 0 Å². The van der Waals surface area contributed by atoms with E-state index in [0.717, 1.165) is 30.2 Å². The minimum Gasteiger partial charge on any atom is -0.329 e. The molecule has 0 atom stereocenters. The molecule has 5 aliphatic rings. The van der Waals surface area contributed by atoms with E-state index in [9.17, 15) is 0 Å². The van der Waals surface area contributed by atoms with Gasteiger partial charge in [0, 0.05) is 18.6 Å². The lowest BCUT2D eigenvalue weighted by atomic mass is 9.48. The van der Waals surface area contributed by atoms with Gasteiger partial charge in [0.25, 0.3) is 0 Å². The van der Waals surface area contributed by atoms with E-state index in [2.05, 4.69) is 18.7 Å². The van der Waals surface area contributed by atoms with E-state index in [0.29, 0.717) is 11.0 Å². The molecule has 0 unspecified atom stereocenters. The third kappa shape index (κ3) is 1.68. The zero-order chi connectivity index (χ0) is 13.3. The molecule has 4 saturated carbocycles. The molecular formula is C17H30N2. The van der Waals surface area contributed by atoms with Gasteiger partial charge in [-0.15, -0.1) is 0 Å². The smallest absolute Gasteiger partial charge is 0.0388 e. The Kier molecular flexibility index (Phi) is 2.65. The van der Waals surface area contributed by atoms with E-state index >= 15 is 0 Å². The van der Waals surface area contributed by atoms with Crippen LogP contribution < -0.4 is 5.73 Å². The fraction of sp³-hybridized carbons (Fsp3) is 1.00. The van der Waals surface area contributed by atoms with E-state index in [1.54, 1.807) is 6.42 Å². The van der Waals surface area contributed by atoms with Gasteiger partial charge in [0.15, 0.2) is 0 Å².